The minimum atomic E-state index is -1.24. The molecule has 1 aliphatic heterocycles. The van der Waals surface area contributed by atoms with E-state index < -0.39 is 24.4 Å². The molecule has 0 radical (unpaired) electrons. The second kappa shape index (κ2) is 8.77. The highest BCUT2D eigenvalue weighted by molar-refractivity contribution is 5.58. The fraction of sp³-hybridized carbons (Fsp3) is 0.556. The molecule has 148 valence electrons. The van der Waals surface area contributed by atoms with E-state index in [-0.39, 0.29) is 13.2 Å². The Morgan fingerprint density at radius 3 is 2.52 bits per heavy atom. The van der Waals surface area contributed by atoms with Gasteiger partial charge in [-0.25, -0.2) is 0 Å². The van der Waals surface area contributed by atoms with E-state index in [4.69, 9.17) is 4.74 Å². The van der Waals surface area contributed by atoms with Crippen molar-refractivity contribution in [3.8, 4) is 17.0 Å². The number of methoxy groups -OCH3 is 1. The molecular weight excluding hydrogens is 352 g/mol. The highest BCUT2D eigenvalue weighted by atomic mass is 16.5. The Hall–Kier alpha value is -2.04. The minimum absolute atomic E-state index is 0.206. The van der Waals surface area contributed by atoms with Gasteiger partial charge in [0.05, 0.1) is 32.1 Å². The Labute approximate surface area is 157 Å². The Morgan fingerprint density at radius 1 is 1.11 bits per heavy atom. The maximum Gasteiger partial charge on any atom is 0.118 e. The number of hydrogen-bond donors (Lipinski definition) is 4. The van der Waals surface area contributed by atoms with E-state index in [2.05, 4.69) is 10.3 Å². The number of nitrogens with zero attached hydrogens (tertiary/aromatic N) is 4. The zero-order valence-electron chi connectivity index (χ0n) is 15.2. The Balaban J connectivity index is 1.55. The van der Waals surface area contributed by atoms with Crippen LogP contribution in [0.4, 0.5) is 0 Å². The van der Waals surface area contributed by atoms with Crippen LogP contribution in [0.5, 0.6) is 5.75 Å². The monoisotopic (exact) mass is 378 g/mol. The third kappa shape index (κ3) is 4.45. The average Bonchev–Trinajstić information content (AvgIpc) is 3.15. The van der Waals surface area contributed by atoms with Gasteiger partial charge >= 0.3 is 0 Å². The van der Waals surface area contributed by atoms with Gasteiger partial charge in [-0.1, -0.05) is 5.21 Å². The zero-order valence-corrected chi connectivity index (χ0v) is 15.2. The molecular formula is C18H26N4O5. The van der Waals surface area contributed by atoms with E-state index in [1.807, 2.05) is 30.5 Å². The molecule has 0 spiro atoms. The molecule has 1 aromatic carbocycles. The molecule has 1 aliphatic rings. The summed E-state index contributed by atoms with van der Waals surface area (Å²) in [4.78, 5) is 1.80. The first-order valence-electron chi connectivity index (χ1n) is 8.97. The summed E-state index contributed by atoms with van der Waals surface area (Å²) >= 11 is 0. The van der Waals surface area contributed by atoms with Crippen LogP contribution in [0.15, 0.2) is 30.5 Å². The number of aliphatic hydroxyl groups is 4. The summed E-state index contributed by atoms with van der Waals surface area (Å²) in [5.41, 5.74) is 1.71. The van der Waals surface area contributed by atoms with Gasteiger partial charge in [0.25, 0.3) is 0 Å². The molecule has 0 amide bonds. The number of hydrogen-bond acceptors (Lipinski definition) is 8. The average molecular weight is 378 g/mol. The second-order valence-corrected chi connectivity index (χ2v) is 6.74. The lowest BCUT2D eigenvalue weighted by Gasteiger charge is -2.43. The van der Waals surface area contributed by atoms with Gasteiger partial charge in [0.15, 0.2) is 0 Å². The van der Waals surface area contributed by atoms with Gasteiger partial charge in [-0.2, -0.15) is 0 Å². The SMILES string of the molecule is COc1ccc(-c2cn(CCCN3C[C@H](O)[C@@H](O)[C@H](O)[C@H]3CO)nn2)cc1. The summed E-state index contributed by atoms with van der Waals surface area (Å²) in [6, 6.07) is 6.98. The lowest BCUT2D eigenvalue weighted by Crippen LogP contribution is -2.62. The molecule has 4 atom stereocenters. The van der Waals surface area contributed by atoms with Gasteiger partial charge in [0.2, 0.25) is 0 Å². The molecule has 0 saturated carbocycles. The summed E-state index contributed by atoms with van der Waals surface area (Å²) in [6.07, 6.45) is -0.893. The van der Waals surface area contributed by atoms with Crippen LogP contribution in [0.1, 0.15) is 6.42 Å². The predicted octanol–water partition coefficient (Wildman–Crippen LogP) is -0.897. The predicted molar refractivity (Wildman–Crippen MR) is 97.1 cm³/mol. The number of benzene rings is 1. The van der Waals surface area contributed by atoms with Crippen LogP contribution in [0.2, 0.25) is 0 Å². The third-order valence-corrected chi connectivity index (χ3v) is 4.97. The van der Waals surface area contributed by atoms with Crippen molar-refractivity contribution < 1.29 is 25.2 Å². The maximum absolute atomic E-state index is 10.0. The normalized spacial score (nSPS) is 26.3. The zero-order chi connectivity index (χ0) is 19.4. The maximum atomic E-state index is 10.0. The number of aryl methyl sites for hydroxylation is 1. The molecule has 2 heterocycles. The van der Waals surface area contributed by atoms with Crippen LogP contribution in [-0.4, -0.2) is 91.5 Å². The molecule has 27 heavy (non-hydrogen) atoms. The molecule has 0 aliphatic carbocycles. The Bertz CT molecular complexity index is 723. The van der Waals surface area contributed by atoms with Crippen molar-refractivity contribution in [2.45, 2.75) is 37.3 Å². The molecule has 3 rings (SSSR count). The van der Waals surface area contributed by atoms with Crippen LogP contribution in [0.3, 0.4) is 0 Å². The summed E-state index contributed by atoms with van der Waals surface area (Å²) in [5.74, 6) is 0.778. The van der Waals surface area contributed by atoms with E-state index in [9.17, 15) is 20.4 Å². The Morgan fingerprint density at radius 2 is 1.85 bits per heavy atom. The number of piperidine rings is 1. The highest BCUT2D eigenvalue weighted by Crippen LogP contribution is 2.21. The first-order chi connectivity index (χ1) is 13.0. The standard InChI is InChI=1S/C18H26N4O5/c1-27-13-5-3-12(4-6-13)14-9-22(20-19-14)8-2-7-21-10-16(24)18(26)17(25)15(21)11-23/h3-6,9,15-18,23-26H,2,7-8,10-11H2,1H3/t15-,16+,17-,18-/m1/s1. The van der Waals surface area contributed by atoms with Crippen LogP contribution >= 0.6 is 0 Å². The third-order valence-electron chi connectivity index (χ3n) is 4.97. The van der Waals surface area contributed by atoms with Crippen LogP contribution in [-0.2, 0) is 6.54 Å². The van der Waals surface area contributed by atoms with E-state index in [1.165, 1.54) is 0 Å². The van der Waals surface area contributed by atoms with Crippen molar-refractivity contribution in [3.63, 3.8) is 0 Å². The fourth-order valence-electron chi connectivity index (χ4n) is 3.37. The summed E-state index contributed by atoms with van der Waals surface area (Å²) in [7, 11) is 1.62. The summed E-state index contributed by atoms with van der Waals surface area (Å²) in [6.45, 7) is 1.07. The number of rotatable bonds is 7. The lowest BCUT2D eigenvalue weighted by molar-refractivity contribution is -0.145. The van der Waals surface area contributed by atoms with Crippen molar-refractivity contribution in [3.05, 3.63) is 30.5 Å². The summed E-state index contributed by atoms with van der Waals surface area (Å²) < 4.78 is 6.88. The van der Waals surface area contributed by atoms with Crippen molar-refractivity contribution in [2.24, 2.45) is 0 Å². The number of likely N-dealkylation sites (tertiary alicyclic amines) is 1. The van der Waals surface area contributed by atoms with Crippen molar-refractivity contribution in [2.75, 3.05) is 26.8 Å². The quantitative estimate of drug-likeness (QED) is 0.489. The van der Waals surface area contributed by atoms with Gasteiger partial charge in [0.1, 0.15) is 23.7 Å². The topological polar surface area (TPSA) is 124 Å². The largest absolute Gasteiger partial charge is 0.497 e. The van der Waals surface area contributed by atoms with Crippen molar-refractivity contribution in [1.82, 2.24) is 19.9 Å². The molecule has 0 bridgehead atoms. The van der Waals surface area contributed by atoms with E-state index in [0.29, 0.717) is 19.5 Å². The second-order valence-electron chi connectivity index (χ2n) is 6.74. The van der Waals surface area contributed by atoms with Gasteiger partial charge in [-0.3, -0.25) is 9.58 Å². The smallest absolute Gasteiger partial charge is 0.118 e. The molecule has 4 N–H and O–H groups in total. The lowest BCUT2D eigenvalue weighted by atomic mass is 9.94. The van der Waals surface area contributed by atoms with Gasteiger partial charge < -0.3 is 25.2 Å². The fourth-order valence-corrected chi connectivity index (χ4v) is 3.37. The molecule has 1 fully saturated rings. The number of aromatic nitrogens is 3. The summed E-state index contributed by atoms with van der Waals surface area (Å²) in [5, 5.41) is 47.4. The van der Waals surface area contributed by atoms with E-state index in [1.54, 1.807) is 16.7 Å². The van der Waals surface area contributed by atoms with Crippen LogP contribution < -0.4 is 4.74 Å². The van der Waals surface area contributed by atoms with E-state index in [0.717, 1.165) is 17.0 Å². The molecule has 9 heteroatoms. The van der Waals surface area contributed by atoms with Crippen LogP contribution in [0, 0.1) is 0 Å². The molecule has 1 saturated heterocycles. The van der Waals surface area contributed by atoms with Gasteiger partial charge in [0, 0.05) is 25.2 Å². The molecule has 9 nitrogen and oxygen atoms in total. The van der Waals surface area contributed by atoms with E-state index >= 15 is 0 Å². The molecule has 2 aromatic rings. The number of aliphatic hydroxyl groups excluding tert-OH is 4. The highest BCUT2D eigenvalue weighted by Gasteiger charge is 2.40. The molecule has 1 aromatic heterocycles. The first-order valence-corrected chi connectivity index (χ1v) is 8.97. The van der Waals surface area contributed by atoms with Gasteiger partial charge in [-0.05, 0) is 30.7 Å². The first kappa shape index (κ1) is 19.7. The van der Waals surface area contributed by atoms with Gasteiger partial charge in [-0.15, -0.1) is 5.10 Å². The number of ether oxygens (including phenoxy) is 1. The Kier molecular flexibility index (Phi) is 6.40. The van der Waals surface area contributed by atoms with Crippen molar-refractivity contribution in [1.29, 1.82) is 0 Å². The van der Waals surface area contributed by atoms with Crippen molar-refractivity contribution >= 4 is 0 Å². The molecule has 0 unspecified atom stereocenters. The number of β-amino-alcohol motifs (C(OH)–C–C–N with tert-alkyl or cyclic N) is 1. The van der Waals surface area contributed by atoms with Crippen LogP contribution in [0.25, 0.3) is 11.3 Å². The minimum Gasteiger partial charge on any atom is -0.497 e.